The van der Waals surface area contributed by atoms with Crippen LogP contribution in [-0.2, 0) is 0 Å². The molecule has 1 aliphatic carbocycles. The molecule has 2 heteroatoms. The summed E-state index contributed by atoms with van der Waals surface area (Å²) in [6.45, 7) is 0. The number of hydrogen-bond acceptors (Lipinski definition) is 2. The highest BCUT2D eigenvalue weighted by Gasteiger charge is 2.24. The van der Waals surface area contributed by atoms with Crippen LogP contribution in [0.4, 0.5) is 0 Å². The first-order chi connectivity index (χ1) is 8.79. The second-order valence-electron chi connectivity index (χ2n) is 4.94. The molecule has 1 N–H and O–H groups in total. The van der Waals surface area contributed by atoms with Crippen molar-refractivity contribution in [1.82, 2.24) is 0 Å². The van der Waals surface area contributed by atoms with Crippen LogP contribution in [0.3, 0.4) is 0 Å². The third-order valence-corrected chi connectivity index (χ3v) is 3.38. The third kappa shape index (κ3) is 4.09. The topological polar surface area (TPSA) is 29.5 Å². The van der Waals surface area contributed by atoms with E-state index in [1.54, 1.807) is 0 Å². The van der Waals surface area contributed by atoms with Gasteiger partial charge in [-0.25, -0.2) is 0 Å². The van der Waals surface area contributed by atoms with Crippen LogP contribution in [-0.4, -0.2) is 10.7 Å². The predicted octanol–water partition coefficient (Wildman–Crippen LogP) is 3.50. The van der Waals surface area contributed by atoms with E-state index in [1.165, 1.54) is 19.3 Å². The SMILES string of the molecule is OC1(C#COc2ccccc2)CCCCCCC1. The Hall–Kier alpha value is -1.46. The van der Waals surface area contributed by atoms with E-state index in [0.717, 1.165) is 31.4 Å². The zero-order chi connectivity index (χ0) is 12.7. The Morgan fingerprint density at radius 1 is 0.944 bits per heavy atom. The summed E-state index contributed by atoms with van der Waals surface area (Å²) in [5.74, 6) is 3.62. The van der Waals surface area contributed by atoms with Crippen molar-refractivity contribution >= 4 is 0 Å². The summed E-state index contributed by atoms with van der Waals surface area (Å²) in [6.07, 6.45) is 9.97. The molecule has 0 atom stereocenters. The normalized spacial score (nSPS) is 18.9. The Kier molecular flexibility index (Phi) is 4.66. The fraction of sp³-hybridized carbons (Fsp3) is 0.500. The van der Waals surface area contributed by atoms with Crippen LogP contribution in [0.25, 0.3) is 0 Å². The number of ether oxygens (including phenoxy) is 1. The van der Waals surface area contributed by atoms with Gasteiger partial charge in [0.15, 0.2) is 0 Å². The molecule has 0 amide bonds. The number of benzene rings is 1. The summed E-state index contributed by atoms with van der Waals surface area (Å²) >= 11 is 0. The minimum absolute atomic E-state index is 0.722. The van der Waals surface area contributed by atoms with Crippen molar-refractivity contribution in [2.75, 3.05) is 0 Å². The van der Waals surface area contributed by atoms with Crippen LogP contribution < -0.4 is 4.74 Å². The highest BCUT2D eigenvalue weighted by atomic mass is 16.5. The summed E-state index contributed by atoms with van der Waals surface area (Å²) in [4.78, 5) is 0. The quantitative estimate of drug-likeness (QED) is 0.766. The Morgan fingerprint density at radius 3 is 2.22 bits per heavy atom. The molecule has 2 rings (SSSR count). The molecule has 0 heterocycles. The van der Waals surface area contributed by atoms with Crippen LogP contribution in [0, 0.1) is 12.0 Å². The van der Waals surface area contributed by atoms with E-state index in [-0.39, 0.29) is 0 Å². The molecule has 2 nitrogen and oxygen atoms in total. The first kappa shape index (κ1) is 13.0. The monoisotopic (exact) mass is 244 g/mol. The van der Waals surface area contributed by atoms with Crippen molar-refractivity contribution in [2.45, 2.75) is 50.5 Å². The van der Waals surface area contributed by atoms with Crippen LogP contribution >= 0.6 is 0 Å². The lowest BCUT2D eigenvalue weighted by Crippen LogP contribution is -2.27. The molecular weight excluding hydrogens is 224 g/mol. The molecule has 0 aliphatic heterocycles. The van der Waals surface area contributed by atoms with Gasteiger partial charge < -0.3 is 9.84 Å². The summed E-state index contributed by atoms with van der Waals surface area (Å²) in [5, 5.41) is 10.4. The molecule has 0 radical (unpaired) electrons. The van der Waals surface area contributed by atoms with Crippen LogP contribution in [0.15, 0.2) is 30.3 Å². The second kappa shape index (κ2) is 6.47. The summed E-state index contributed by atoms with van der Waals surface area (Å²) in [5.41, 5.74) is -0.852. The lowest BCUT2D eigenvalue weighted by atomic mass is 9.88. The highest BCUT2D eigenvalue weighted by Crippen LogP contribution is 2.25. The van der Waals surface area contributed by atoms with Crippen molar-refractivity contribution < 1.29 is 9.84 Å². The van der Waals surface area contributed by atoms with Gasteiger partial charge in [0.2, 0.25) is 0 Å². The van der Waals surface area contributed by atoms with Crippen molar-refractivity contribution in [3.63, 3.8) is 0 Å². The van der Waals surface area contributed by atoms with Gasteiger partial charge in [-0.1, -0.05) is 37.5 Å². The van der Waals surface area contributed by atoms with E-state index >= 15 is 0 Å². The van der Waals surface area contributed by atoms with Gasteiger partial charge in [0, 0.05) is 0 Å². The standard InChI is InChI=1S/C16H20O2/c17-16(11-7-2-1-3-8-12-16)13-14-18-15-9-5-4-6-10-15/h4-6,9-10,17H,1-3,7-8,11-12H2. The maximum absolute atomic E-state index is 10.4. The molecule has 1 saturated carbocycles. The van der Waals surface area contributed by atoms with Crippen molar-refractivity contribution in [3.05, 3.63) is 30.3 Å². The Bertz CT molecular complexity index is 406. The Morgan fingerprint density at radius 2 is 1.56 bits per heavy atom. The number of hydrogen-bond donors (Lipinski definition) is 1. The lowest BCUT2D eigenvalue weighted by molar-refractivity contribution is 0.0712. The van der Waals surface area contributed by atoms with Gasteiger partial charge in [-0.3, -0.25) is 0 Å². The van der Waals surface area contributed by atoms with Gasteiger partial charge in [0.25, 0.3) is 0 Å². The molecule has 18 heavy (non-hydrogen) atoms. The highest BCUT2D eigenvalue weighted by molar-refractivity contribution is 5.24. The maximum Gasteiger partial charge on any atom is 0.140 e. The molecular formula is C16H20O2. The largest absolute Gasteiger partial charge is 0.407 e. The minimum Gasteiger partial charge on any atom is -0.407 e. The third-order valence-electron chi connectivity index (χ3n) is 3.38. The summed E-state index contributed by atoms with van der Waals surface area (Å²) in [7, 11) is 0. The predicted molar refractivity (Wildman–Crippen MR) is 72.1 cm³/mol. The smallest absolute Gasteiger partial charge is 0.140 e. The van der Waals surface area contributed by atoms with Crippen molar-refractivity contribution in [2.24, 2.45) is 0 Å². The van der Waals surface area contributed by atoms with Crippen LogP contribution in [0.2, 0.25) is 0 Å². The summed E-state index contributed by atoms with van der Waals surface area (Å²) in [6, 6.07) is 9.46. The van der Waals surface area contributed by atoms with Gasteiger partial charge in [0.1, 0.15) is 17.5 Å². The minimum atomic E-state index is -0.852. The first-order valence-corrected chi connectivity index (χ1v) is 6.75. The van der Waals surface area contributed by atoms with Gasteiger partial charge in [-0.05, 0) is 43.7 Å². The van der Waals surface area contributed by atoms with E-state index in [0.29, 0.717) is 0 Å². The van der Waals surface area contributed by atoms with Gasteiger partial charge >= 0.3 is 0 Å². The molecule has 0 aromatic heterocycles. The van der Waals surface area contributed by atoms with E-state index in [9.17, 15) is 5.11 Å². The molecule has 0 bridgehead atoms. The molecule has 0 saturated heterocycles. The van der Waals surface area contributed by atoms with Crippen molar-refractivity contribution in [1.29, 1.82) is 0 Å². The zero-order valence-electron chi connectivity index (χ0n) is 10.7. The van der Waals surface area contributed by atoms with Crippen LogP contribution in [0.5, 0.6) is 5.75 Å². The van der Waals surface area contributed by atoms with E-state index < -0.39 is 5.60 Å². The van der Waals surface area contributed by atoms with Gasteiger partial charge in [-0.15, -0.1) is 0 Å². The molecule has 0 spiro atoms. The number of para-hydroxylation sites is 1. The van der Waals surface area contributed by atoms with E-state index in [1.807, 2.05) is 30.3 Å². The van der Waals surface area contributed by atoms with E-state index in [4.69, 9.17) is 4.74 Å². The van der Waals surface area contributed by atoms with Crippen molar-refractivity contribution in [3.8, 4) is 17.8 Å². The molecule has 1 aromatic rings. The average Bonchev–Trinajstić information content (AvgIpc) is 2.36. The van der Waals surface area contributed by atoms with Gasteiger partial charge in [0.05, 0.1) is 0 Å². The Labute approximate surface area is 109 Å². The zero-order valence-corrected chi connectivity index (χ0v) is 10.7. The second-order valence-corrected chi connectivity index (χ2v) is 4.94. The fourth-order valence-electron chi connectivity index (χ4n) is 2.28. The molecule has 96 valence electrons. The van der Waals surface area contributed by atoms with Gasteiger partial charge in [-0.2, -0.15) is 0 Å². The molecule has 1 aromatic carbocycles. The lowest BCUT2D eigenvalue weighted by Gasteiger charge is -2.24. The molecule has 1 fully saturated rings. The summed E-state index contributed by atoms with van der Waals surface area (Å²) < 4.78 is 5.32. The number of rotatable bonds is 1. The number of aliphatic hydroxyl groups is 1. The van der Waals surface area contributed by atoms with Crippen LogP contribution in [0.1, 0.15) is 44.9 Å². The maximum atomic E-state index is 10.4. The fourth-order valence-corrected chi connectivity index (χ4v) is 2.28. The average molecular weight is 244 g/mol. The first-order valence-electron chi connectivity index (χ1n) is 6.75. The molecule has 1 aliphatic rings. The van der Waals surface area contributed by atoms with E-state index in [2.05, 4.69) is 12.0 Å². The Balaban J connectivity index is 1.94. The molecule has 0 unspecified atom stereocenters.